The molecule has 0 bridgehead atoms. The first kappa shape index (κ1) is 21.4. The summed E-state index contributed by atoms with van der Waals surface area (Å²) in [5.74, 6) is 0.621. The van der Waals surface area contributed by atoms with Crippen molar-refractivity contribution < 1.29 is 14.1 Å². The molecule has 3 aromatic rings. The van der Waals surface area contributed by atoms with Crippen LogP contribution in [0.3, 0.4) is 0 Å². The van der Waals surface area contributed by atoms with E-state index >= 15 is 0 Å². The third kappa shape index (κ3) is 4.03. The summed E-state index contributed by atoms with van der Waals surface area (Å²) in [6.45, 7) is 7.15. The van der Waals surface area contributed by atoms with Crippen LogP contribution in [-0.2, 0) is 9.59 Å². The minimum Gasteiger partial charge on any atom is -0.337 e. The predicted molar refractivity (Wildman–Crippen MR) is 125 cm³/mol. The molecule has 0 N–H and O–H groups in total. The average molecular weight is 445 g/mol. The van der Waals surface area contributed by atoms with E-state index in [2.05, 4.69) is 10.1 Å². The Balaban J connectivity index is 1.32. The van der Waals surface area contributed by atoms with E-state index in [0.717, 1.165) is 35.2 Å². The van der Waals surface area contributed by atoms with E-state index in [9.17, 15) is 9.59 Å². The average Bonchev–Trinajstić information content (AvgIpc) is 3.54. The Morgan fingerprint density at radius 3 is 2.73 bits per heavy atom. The molecule has 2 atom stereocenters. The Morgan fingerprint density at radius 1 is 1.09 bits per heavy atom. The van der Waals surface area contributed by atoms with Gasteiger partial charge in [-0.1, -0.05) is 35.0 Å². The van der Waals surface area contributed by atoms with Gasteiger partial charge in [0.25, 0.3) is 0 Å². The quantitative estimate of drug-likeness (QED) is 0.597. The second kappa shape index (κ2) is 8.46. The number of aryl methyl sites for hydroxylation is 3. The van der Waals surface area contributed by atoms with Crippen molar-refractivity contribution in [2.75, 3.05) is 18.0 Å². The van der Waals surface area contributed by atoms with E-state index in [0.29, 0.717) is 24.8 Å². The number of rotatable bonds is 4. The molecule has 7 heteroatoms. The van der Waals surface area contributed by atoms with E-state index < -0.39 is 0 Å². The highest BCUT2D eigenvalue weighted by Crippen LogP contribution is 2.35. The van der Waals surface area contributed by atoms with Crippen LogP contribution in [0.15, 0.2) is 47.0 Å². The Bertz CT molecular complexity index is 1220. The first-order valence-corrected chi connectivity index (χ1v) is 11.5. The van der Waals surface area contributed by atoms with Crippen LogP contribution in [-0.4, -0.2) is 39.9 Å². The van der Waals surface area contributed by atoms with Crippen LogP contribution in [0.5, 0.6) is 0 Å². The molecule has 2 aromatic carbocycles. The molecule has 33 heavy (non-hydrogen) atoms. The zero-order chi connectivity index (χ0) is 23.1. The number of hydrogen-bond donors (Lipinski definition) is 0. The van der Waals surface area contributed by atoms with Gasteiger partial charge in [0, 0.05) is 30.8 Å². The zero-order valence-electron chi connectivity index (χ0n) is 19.2. The fourth-order valence-electron chi connectivity index (χ4n) is 4.81. The first-order chi connectivity index (χ1) is 15.9. The summed E-state index contributed by atoms with van der Waals surface area (Å²) >= 11 is 0. The third-order valence-corrected chi connectivity index (χ3v) is 6.82. The monoisotopic (exact) mass is 444 g/mol. The molecule has 2 aliphatic rings. The molecular weight excluding hydrogens is 416 g/mol. The number of amides is 2. The Hall–Kier alpha value is -3.48. The lowest BCUT2D eigenvalue weighted by Crippen LogP contribution is -2.37. The number of benzene rings is 2. The summed E-state index contributed by atoms with van der Waals surface area (Å²) in [6, 6.07) is 13.7. The van der Waals surface area contributed by atoms with Gasteiger partial charge in [-0.25, -0.2) is 0 Å². The van der Waals surface area contributed by atoms with Crippen LogP contribution in [0.4, 0.5) is 5.69 Å². The molecule has 0 radical (unpaired) electrons. The van der Waals surface area contributed by atoms with E-state index in [-0.39, 0.29) is 30.2 Å². The molecule has 0 saturated carbocycles. The third-order valence-electron chi connectivity index (χ3n) is 6.82. The van der Waals surface area contributed by atoms with Crippen LogP contribution in [0.25, 0.3) is 11.4 Å². The molecule has 3 heterocycles. The number of aromatic nitrogens is 2. The highest BCUT2D eigenvalue weighted by Gasteiger charge is 2.42. The molecule has 0 unspecified atom stereocenters. The van der Waals surface area contributed by atoms with Gasteiger partial charge in [-0.05, 0) is 62.9 Å². The van der Waals surface area contributed by atoms with E-state index in [1.165, 1.54) is 5.56 Å². The summed E-state index contributed by atoms with van der Waals surface area (Å²) in [5.41, 5.74) is 5.19. The normalized spacial score (nSPS) is 20.6. The summed E-state index contributed by atoms with van der Waals surface area (Å²) in [6.07, 6.45) is 1.89. The van der Waals surface area contributed by atoms with Crippen molar-refractivity contribution in [2.24, 2.45) is 5.92 Å². The van der Waals surface area contributed by atoms with Crippen LogP contribution in [0.2, 0.25) is 0 Å². The number of anilines is 1. The lowest BCUT2D eigenvalue weighted by Gasteiger charge is -2.25. The van der Waals surface area contributed by atoms with Crippen molar-refractivity contribution in [3.63, 3.8) is 0 Å². The van der Waals surface area contributed by atoms with Gasteiger partial charge in [0.05, 0.1) is 5.92 Å². The van der Waals surface area contributed by atoms with Crippen LogP contribution in [0, 0.1) is 26.7 Å². The molecule has 0 aliphatic carbocycles. The van der Waals surface area contributed by atoms with Gasteiger partial charge in [0.2, 0.25) is 23.5 Å². The van der Waals surface area contributed by atoms with E-state index in [4.69, 9.17) is 4.52 Å². The topological polar surface area (TPSA) is 79.5 Å². The fourth-order valence-corrected chi connectivity index (χ4v) is 4.81. The molecule has 170 valence electrons. The SMILES string of the molecule is Cc1cccc(-c2noc([C@@H]3CCCN3C(=O)[C@@H]3CC(=O)N(c4ccc(C)c(C)c4)C3)n2)c1. The Kier molecular flexibility index (Phi) is 5.48. The number of carbonyl (C=O) groups excluding carboxylic acids is 2. The second-order valence-electron chi connectivity index (χ2n) is 9.19. The summed E-state index contributed by atoms with van der Waals surface area (Å²) in [5, 5.41) is 4.16. The molecule has 7 nitrogen and oxygen atoms in total. The van der Waals surface area contributed by atoms with Crippen LogP contribution < -0.4 is 4.90 Å². The number of likely N-dealkylation sites (tertiary alicyclic amines) is 1. The largest absolute Gasteiger partial charge is 0.337 e. The maximum absolute atomic E-state index is 13.5. The molecule has 2 amide bonds. The Labute approximate surface area is 193 Å². The van der Waals surface area contributed by atoms with Crippen molar-refractivity contribution in [1.29, 1.82) is 0 Å². The number of carbonyl (C=O) groups is 2. The van der Waals surface area contributed by atoms with Crippen molar-refractivity contribution in [3.8, 4) is 11.4 Å². The minimum absolute atomic E-state index is 0.00695. The summed E-state index contributed by atoms with van der Waals surface area (Å²) < 4.78 is 5.59. The molecular formula is C26H28N4O3. The van der Waals surface area contributed by atoms with E-state index in [1.807, 2.05) is 68.1 Å². The minimum atomic E-state index is -0.362. The summed E-state index contributed by atoms with van der Waals surface area (Å²) in [4.78, 5) is 34.4. The van der Waals surface area contributed by atoms with Gasteiger partial charge in [0.1, 0.15) is 6.04 Å². The molecule has 1 aromatic heterocycles. The maximum Gasteiger partial charge on any atom is 0.249 e. The maximum atomic E-state index is 13.5. The molecule has 2 fully saturated rings. The van der Waals surface area contributed by atoms with E-state index in [1.54, 1.807) is 4.90 Å². The molecule has 0 spiro atoms. The van der Waals surface area contributed by atoms with Gasteiger partial charge in [-0.3, -0.25) is 9.59 Å². The highest BCUT2D eigenvalue weighted by atomic mass is 16.5. The zero-order valence-corrected chi connectivity index (χ0v) is 19.2. The predicted octanol–water partition coefficient (Wildman–Crippen LogP) is 4.38. The van der Waals surface area contributed by atoms with Gasteiger partial charge in [-0.15, -0.1) is 0 Å². The number of nitrogens with zero attached hydrogens (tertiary/aromatic N) is 4. The van der Waals surface area contributed by atoms with Crippen molar-refractivity contribution >= 4 is 17.5 Å². The van der Waals surface area contributed by atoms with Gasteiger partial charge in [-0.2, -0.15) is 4.98 Å². The van der Waals surface area contributed by atoms with Gasteiger partial charge in [0.15, 0.2) is 0 Å². The smallest absolute Gasteiger partial charge is 0.249 e. The van der Waals surface area contributed by atoms with Crippen molar-refractivity contribution in [1.82, 2.24) is 15.0 Å². The molecule has 2 saturated heterocycles. The van der Waals surface area contributed by atoms with Crippen molar-refractivity contribution in [3.05, 3.63) is 65.0 Å². The van der Waals surface area contributed by atoms with Gasteiger partial charge >= 0.3 is 0 Å². The lowest BCUT2D eigenvalue weighted by atomic mass is 10.1. The Morgan fingerprint density at radius 2 is 1.94 bits per heavy atom. The molecule has 5 rings (SSSR count). The van der Waals surface area contributed by atoms with Crippen molar-refractivity contribution in [2.45, 2.75) is 46.1 Å². The highest BCUT2D eigenvalue weighted by molar-refractivity contribution is 6.00. The standard InChI is InChI=1S/C26H28N4O3/c1-16-6-4-7-19(12-16)24-27-25(33-28-24)22-8-5-11-29(22)26(32)20-14-23(31)30(15-20)21-10-9-17(2)18(3)13-21/h4,6-7,9-10,12-13,20,22H,5,8,11,14-15H2,1-3H3/t20-,22+/m1/s1. The van der Waals surface area contributed by atoms with Crippen LogP contribution in [0.1, 0.15) is 47.9 Å². The second-order valence-corrected chi connectivity index (χ2v) is 9.19. The van der Waals surface area contributed by atoms with Gasteiger partial charge < -0.3 is 14.3 Å². The molecule has 2 aliphatic heterocycles. The first-order valence-electron chi connectivity index (χ1n) is 11.5. The fraction of sp³-hybridized carbons (Fsp3) is 0.385. The lowest BCUT2D eigenvalue weighted by molar-refractivity contribution is -0.137. The number of hydrogen-bond acceptors (Lipinski definition) is 5. The van der Waals surface area contributed by atoms with Crippen LogP contribution >= 0.6 is 0 Å². The summed E-state index contributed by atoms with van der Waals surface area (Å²) in [7, 11) is 0.